The van der Waals surface area contributed by atoms with Gasteiger partial charge in [0.15, 0.2) is 0 Å². The molecule has 2 heterocycles. The molecular formula is C22H17FN2OS. The van der Waals surface area contributed by atoms with E-state index in [-0.39, 0.29) is 11.7 Å². The molecule has 0 atom stereocenters. The minimum absolute atomic E-state index is 0.143. The van der Waals surface area contributed by atoms with Crippen molar-refractivity contribution in [3.8, 4) is 16.8 Å². The molecule has 0 bridgehead atoms. The molecule has 0 radical (unpaired) electrons. The highest BCUT2D eigenvalue weighted by atomic mass is 32.1. The number of carbonyl (C=O) groups excluding carboxylic acids is 1. The molecule has 4 rings (SSSR count). The molecule has 0 aliphatic heterocycles. The maximum atomic E-state index is 13.0. The highest BCUT2D eigenvalue weighted by molar-refractivity contribution is 7.13. The van der Waals surface area contributed by atoms with Crippen molar-refractivity contribution in [2.24, 2.45) is 0 Å². The SMILES string of the molecule is O=C(NCc1ccc(F)cc1)c1scc(-c2ccccc2)c1-n1cccc1. The molecule has 2 aromatic heterocycles. The first kappa shape index (κ1) is 17.2. The van der Waals surface area contributed by atoms with Crippen molar-refractivity contribution in [2.45, 2.75) is 6.54 Å². The lowest BCUT2D eigenvalue weighted by atomic mass is 10.1. The van der Waals surface area contributed by atoms with Crippen LogP contribution in [0.1, 0.15) is 15.2 Å². The summed E-state index contributed by atoms with van der Waals surface area (Å²) in [6.07, 6.45) is 3.87. The second-order valence-corrected chi connectivity index (χ2v) is 6.97. The molecule has 0 saturated carbocycles. The fourth-order valence-corrected chi connectivity index (χ4v) is 3.93. The minimum Gasteiger partial charge on any atom is -0.347 e. The Hall–Kier alpha value is -3.18. The van der Waals surface area contributed by atoms with E-state index in [4.69, 9.17) is 0 Å². The number of hydrogen-bond donors (Lipinski definition) is 1. The van der Waals surface area contributed by atoms with Gasteiger partial charge in [0.25, 0.3) is 5.91 Å². The number of nitrogens with zero attached hydrogens (tertiary/aromatic N) is 1. The highest BCUT2D eigenvalue weighted by Gasteiger charge is 2.20. The molecule has 3 nitrogen and oxygen atoms in total. The fraction of sp³-hybridized carbons (Fsp3) is 0.0455. The number of nitrogens with one attached hydrogen (secondary N) is 1. The number of benzene rings is 2. The van der Waals surface area contributed by atoms with Crippen LogP contribution in [-0.4, -0.2) is 10.5 Å². The average Bonchev–Trinajstić information content (AvgIpc) is 3.37. The maximum Gasteiger partial charge on any atom is 0.263 e. The van der Waals surface area contributed by atoms with Crippen molar-refractivity contribution in [3.63, 3.8) is 0 Å². The summed E-state index contributed by atoms with van der Waals surface area (Å²) in [5, 5.41) is 4.95. The molecule has 0 unspecified atom stereocenters. The normalized spacial score (nSPS) is 10.7. The van der Waals surface area contributed by atoms with Crippen LogP contribution in [0.15, 0.2) is 84.5 Å². The van der Waals surface area contributed by atoms with Gasteiger partial charge in [-0.05, 0) is 35.4 Å². The largest absolute Gasteiger partial charge is 0.347 e. The predicted molar refractivity (Wildman–Crippen MR) is 107 cm³/mol. The topological polar surface area (TPSA) is 34.0 Å². The number of hydrogen-bond acceptors (Lipinski definition) is 2. The molecule has 27 heavy (non-hydrogen) atoms. The van der Waals surface area contributed by atoms with E-state index < -0.39 is 0 Å². The van der Waals surface area contributed by atoms with Gasteiger partial charge in [-0.25, -0.2) is 4.39 Å². The van der Waals surface area contributed by atoms with Gasteiger partial charge >= 0.3 is 0 Å². The molecule has 1 amide bonds. The van der Waals surface area contributed by atoms with Crippen LogP contribution in [0.5, 0.6) is 0 Å². The zero-order valence-electron chi connectivity index (χ0n) is 14.4. The van der Waals surface area contributed by atoms with Crippen molar-refractivity contribution in [1.29, 1.82) is 0 Å². The van der Waals surface area contributed by atoms with Gasteiger partial charge in [-0.15, -0.1) is 11.3 Å². The van der Waals surface area contributed by atoms with E-state index in [2.05, 4.69) is 5.32 Å². The Morgan fingerprint density at radius 1 is 0.963 bits per heavy atom. The van der Waals surface area contributed by atoms with Crippen molar-refractivity contribution < 1.29 is 9.18 Å². The van der Waals surface area contributed by atoms with Gasteiger partial charge in [-0.2, -0.15) is 0 Å². The van der Waals surface area contributed by atoms with Crippen LogP contribution >= 0.6 is 11.3 Å². The van der Waals surface area contributed by atoms with Crippen LogP contribution in [0.4, 0.5) is 4.39 Å². The van der Waals surface area contributed by atoms with E-state index in [1.54, 1.807) is 12.1 Å². The van der Waals surface area contributed by atoms with E-state index in [1.165, 1.54) is 23.5 Å². The summed E-state index contributed by atoms with van der Waals surface area (Å²) < 4.78 is 15.0. The summed E-state index contributed by atoms with van der Waals surface area (Å²) in [6, 6.07) is 20.0. The Kier molecular flexibility index (Phi) is 4.85. The second-order valence-electron chi connectivity index (χ2n) is 6.09. The third-order valence-corrected chi connectivity index (χ3v) is 5.25. The summed E-state index contributed by atoms with van der Waals surface area (Å²) in [7, 11) is 0. The zero-order valence-corrected chi connectivity index (χ0v) is 15.2. The van der Waals surface area contributed by atoms with Crippen molar-refractivity contribution >= 4 is 17.2 Å². The lowest BCUT2D eigenvalue weighted by Crippen LogP contribution is -2.23. The number of halogens is 1. The Bertz CT molecular complexity index is 1040. The van der Waals surface area contributed by atoms with E-state index in [0.29, 0.717) is 11.4 Å². The number of amides is 1. The van der Waals surface area contributed by atoms with E-state index >= 15 is 0 Å². The van der Waals surface area contributed by atoms with Crippen LogP contribution in [0.3, 0.4) is 0 Å². The van der Waals surface area contributed by atoms with Crippen LogP contribution < -0.4 is 5.32 Å². The van der Waals surface area contributed by atoms with Gasteiger partial charge in [0.2, 0.25) is 0 Å². The van der Waals surface area contributed by atoms with Gasteiger partial charge in [0.1, 0.15) is 10.7 Å². The number of carbonyl (C=O) groups is 1. The standard InChI is InChI=1S/C22H17FN2OS/c23-18-10-8-16(9-11-18)14-24-22(26)21-20(25-12-4-5-13-25)19(15-27-21)17-6-2-1-3-7-17/h1-13,15H,14H2,(H,24,26). The van der Waals surface area contributed by atoms with Crippen LogP contribution in [-0.2, 0) is 6.54 Å². The molecule has 4 aromatic rings. The third-order valence-electron chi connectivity index (χ3n) is 4.28. The molecule has 0 spiro atoms. The summed E-state index contributed by atoms with van der Waals surface area (Å²) >= 11 is 1.42. The molecule has 0 fully saturated rings. The van der Waals surface area contributed by atoms with Crippen molar-refractivity contribution in [1.82, 2.24) is 9.88 Å². The maximum absolute atomic E-state index is 13.0. The molecule has 1 N–H and O–H groups in total. The van der Waals surface area contributed by atoms with Crippen LogP contribution in [0.2, 0.25) is 0 Å². The zero-order chi connectivity index (χ0) is 18.6. The Morgan fingerprint density at radius 3 is 2.37 bits per heavy atom. The first-order valence-electron chi connectivity index (χ1n) is 8.55. The average molecular weight is 376 g/mol. The quantitative estimate of drug-likeness (QED) is 0.505. The van der Waals surface area contributed by atoms with Gasteiger partial charge in [-0.1, -0.05) is 42.5 Å². The molecule has 134 valence electrons. The Morgan fingerprint density at radius 2 is 1.67 bits per heavy atom. The summed E-state index contributed by atoms with van der Waals surface area (Å²) in [4.78, 5) is 13.5. The predicted octanol–water partition coefficient (Wildman–Crippen LogP) is 5.27. The lowest BCUT2D eigenvalue weighted by molar-refractivity contribution is 0.0955. The van der Waals surface area contributed by atoms with E-state index in [1.807, 2.05) is 64.8 Å². The first-order valence-corrected chi connectivity index (χ1v) is 9.43. The Labute approximate surface area is 160 Å². The number of rotatable bonds is 5. The molecule has 0 aliphatic carbocycles. The van der Waals surface area contributed by atoms with Crippen LogP contribution in [0.25, 0.3) is 16.8 Å². The highest BCUT2D eigenvalue weighted by Crippen LogP contribution is 2.34. The van der Waals surface area contributed by atoms with Crippen molar-refractivity contribution in [3.05, 3.63) is 101 Å². The van der Waals surface area contributed by atoms with Gasteiger partial charge in [-0.3, -0.25) is 4.79 Å². The van der Waals surface area contributed by atoms with Gasteiger partial charge in [0, 0.05) is 29.9 Å². The number of aromatic nitrogens is 1. The first-order chi connectivity index (χ1) is 13.2. The molecule has 2 aromatic carbocycles. The molecule has 0 aliphatic rings. The van der Waals surface area contributed by atoms with E-state index in [0.717, 1.165) is 22.4 Å². The summed E-state index contributed by atoms with van der Waals surface area (Å²) in [6.45, 7) is 0.350. The monoisotopic (exact) mass is 376 g/mol. The third kappa shape index (κ3) is 3.68. The minimum atomic E-state index is -0.286. The van der Waals surface area contributed by atoms with Crippen LogP contribution in [0, 0.1) is 5.82 Å². The van der Waals surface area contributed by atoms with Gasteiger partial charge in [0.05, 0.1) is 5.69 Å². The summed E-state index contributed by atoms with van der Waals surface area (Å²) in [5.41, 5.74) is 3.80. The molecule has 5 heteroatoms. The Balaban J connectivity index is 1.65. The smallest absolute Gasteiger partial charge is 0.263 e. The molecule has 0 saturated heterocycles. The van der Waals surface area contributed by atoms with E-state index in [9.17, 15) is 9.18 Å². The van der Waals surface area contributed by atoms with Gasteiger partial charge < -0.3 is 9.88 Å². The number of thiophene rings is 1. The molecular weight excluding hydrogens is 359 g/mol. The lowest BCUT2D eigenvalue weighted by Gasteiger charge is -2.10. The summed E-state index contributed by atoms with van der Waals surface area (Å²) in [5.74, 6) is -0.430. The second kappa shape index (κ2) is 7.60. The van der Waals surface area contributed by atoms with Crippen molar-refractivity contribution in [2.75, 3.05) is 0 Å². The fourth-order valence-electron chi connectivity index (χ4n) is 2.94.